The highest BCUT2D eigenvalue weighted by Gasteiger charge is 2.10. The normalized spacial score (nSPS) is 10.3. The summed E-state index contributed by atoms with van der Waals surface area (Å²) in [6.45, 7) is 2.81. The molecule has 2 aromatic carbocycles. The summed E-state index contributed by atoms with van der Waals surface area (Å²) in [6, 6.07) is 13.4. The van der Waals surface area contributed by atoms with E-state index in [4.69, 9.17) is 4.74 Å². The van der Waals surface area contributed by atoms with Crippen LogP contribution in [-0.4, -0.2) is 24.8 Å². The van der Waals surface area contributed by atoms with Crippen LogP contribution in [0.25, 0.3) is 0 Å². The zero-order chi connectivity index (χ0) is 18.1. The second-order valence-corrected chi connectivity index (χ2v) is 5.57. The summed E-state index contributed by atoms with van der Waals surface area (Å²) in [6.07, 6.45) is 0.675. The van der Waals surface area contributed by atoms with Crippen molar-refractivity contribution in [2.45, 2.75) is 26.2 Å². The third-order valence-corrected chi connectivity index (χ3v) is 3.74. The van der Waals surface area contributed by atoms with Gasteiger partial charge in [0.05, 0.1) is 6.61 Å². The van der Waals surface area contributed by atoms with E-state index in [9.17, 15) is 14.0 Å². The molecule has 0 saturated carbocycles. The van der Waals surface area contributed by atoms with Crippen LogP contribution in [0.2, 0.25) is 0 Å². The Morgan fingerprint density at radius 3 is 2.44 bits per heavy atom. The Morgan fingerprint density at radius 1 is 1.04 bits per heavy atom. The first-order chi connectivity index (χ1) is 12.1. The van der Waals surface area contributed by atoms with Crippen molar-refractivity contribution in [3.05, 3.63) is 65.5 Å². The van der Waals surface area contributed by atoms with Crippen molar-refractivity contribution >= 4 is 11.7 Å². The maximum Gasteiger partial charge on any atom is 0.220 e. The van der Waals surface area contributed by atoms with E-state index >= 15 is 0 Å². The zero-order valence-electron chi connectivity index (χ0n) is 14.3. The first-order valence-electron chi connectivity index (χ1n) is 8.36. The van der Waals surface area contributed by atoms with Gasteiger partial charge in [0.15, 0.2) is 5.78 Å². The van der Waals surface area contributed by atoms with Crippen molar-refractivity contribution in [2.75, 3.05) is 13.2 Å². The molecule has 0 aliphatic heterocycles. The van der Waals surface area contributed by atoms with E-state index in [0.717, 1.165) is 0 Å². The van der Waals surface area contributed by atoms with E-state index in [2.05, 4.69) is 5.32 Å². The molecule has 132 valence electrons. The van der Waals surface area contributed by atoms with Gasteiger partial charge in [-0.25, -0.2) is 4.39 Å². The Kier molecular flexibility index (Phi) is 7.14. The van der Waals surface area contributed by atoms with Gasteiger partial charge in [0, 0.05) is 24.9 Å². The molecule has 2 aromatic rings. The number of ether oxygens (including phenoxy) is 1. The minimum Gasteiger partial charge on any atom is -0.494 e. The van der Waals surface area contributed by atoms with E-state index in [1.54, 1.807) is 42.5 Å². The van der Waals surface area contributed by atoms with Gasteiger partial charge in [0.25, 0.3) is 0 Å². The molecule has 0 unspecified atom stereocenters. The van der Waals surface area contributed by atoms with Gasteiger partial charge in [-0.1, -0.05) is 18.2 Å². The van der Waals surface area contributed by atoms with E-state index in [1.807, 2.05) is 6.92 Å². The minimum absolute atomic E-state index is 0.0905. The minimum atomic E-state index is -0.276. The van der Waals surface area contributed by atoms with Crippen molar-refractivity contribution in [3.8, 4) is 5.75 Å². The van der Waals surface area contributed by atoms with Crippen LogP contribution in [0.5, 0.6) is 5.75 Å². The maximum absolute atomic E-state index is 13.5. The van der Waals surface area contributed by atoms with Crippen molar-refractivity contribution in [3.63, 3.8) is 0 Å². The molecule has 2 rings (SSSR count). The number of rotatable bonds is 9. The number of Topliss-reactive ketones (excluding diaryl/α,β-unsaturated/α-hetero) is 1. The van der Waals surface area contributed by atoms with Gasteiger partial charge in [-0.3, -0.25) is 9.59 Å². The lowest BCUT2D eigenvalue weighted by Crippen LogP contribution is -2.26. The molecule has 0 bridgehead atoms. The molecule has 0 spiro atoms. The van der Waals surface area contributed by atoms with Gasteiger partial charge in [0.1, 0.15) is 11.6 Å². The van der Waals surface area contributed by atoms with Crippen molar-refractivity contribution in [1.82, 2.24) is 5.32 Å². The second kappa shape index (κ2) is 9.57. The molecule has 0 aliphatic rings. The fourth-order valence-electron chi connectivity index (χ4n) is 2.40. The maximum atomic E-state index is 13.5. The molecule has 1 amide bonds. The van der Waals surface area contributed by atoms with Gasteiger partial charge in [-0.05, 0) is 49.2 Å². The predicted octanol–water partition coefficient (Wildman–Crippen LogP) is 3.55. The number of nitrogens with one attached hydrogen (secondary N) is 1. The third-order valence-electron chi connectivity index (χ3n) is 3.74. The number of halogens is 1. The van der Waals surface area contributed by atoms with Crippen LogP contribution in [0.4, 0.5) is 4.39 Å². The summed E-state index contributed by atoms with van der Waals surface area (Å²) >= 11 is 0. The number of hydrogen-bond donors (Lipinski definition) is 1. The average Bonchev–Trinajstić information content (AvgIpc) is 2.62. The topological polar surface area (TPSA) is 55.4 Å². The molecule has 0 aromatic heterocycles. The number of benzene rings is 2. The molecule has 4 nitrogen and oxygen atoms in total. The zero-order valence-corrected chi connectivity index (χ0v) is 14.3. The van der Waals surface area contributed by atoms with Gasteiger partial charge >= 0.3 is 0 Å². The first kappa shape index (κ1) is 18.6. The highest BCUT2D eigenvalue weighted by atomic mass is 19.1. The number of carbonyl (C=O) groups excluding carboxylic acids is 2. The lowest BCUT2D eigenvalue weighted by molar-refractivity contribution is -0.121. The Morgan fingerprint density at radius 2 is 1.76 bits per heavy atom. The average molecular weight is 343 g/mol. The van der Waals surface area contributed by atoms with Crippen molar-refractivity contribution < 1.29 is 18.7 Å². The third kappa shape index (κ3) is 6.03. The summed E-state index contributed by atoms with van der Waals surface area (Å²) in [5, 5.41) is 2.71. The SMILES string of the molecule is CCOc1ccc(C(=O)CCC(=O)NCCc2ccccc2F)cc1. The largest absolute Gasteiger partial charge is 0.494 e. The van der Waals surface area contributed by atoms with Crippen LogP contribution < -0.4 is 10.1 Å². The highest BCUT2D eigenvalue weighted by Crippen LogP contribution is 2.14. The lowest BCUT2D eigenvalue weighted by atomic mass is 10.1. The number of ketones is 1. The van der Waals surface area contributed by atoms with Gasteiger partial charge in [-0.2, -0.15) is 0 Å². The van der Waals surface area contributed by atoms with E-state index in [0.29, 0.717) is 36.4 Å². The molecule has 1 N–H and O–H groups in total. The molecule has 5 heteroatoms. The lowest BCUT2D eigenvalue weighted by Gasteiger charge is -2.07. The summed E-state index contributed by atoms with van der Waals surface area (Å²) < 4.78 is 18.8. The summed E-state index contributed by atoms with van der Waals surface area (Å²) in [7, 11) is 0. The van der Waals surface area contributed by atoms with Crippen LogP contribution in [0, 0.1) is 5.82 Å². The van der Waals surface area contributed by atoms with Gasteiger partial charge in [0.2, 0.25) is 5.91 Å². The summed E-state index contributed by atoms with van der Waals surface area (Å²) in [5.74, 6) is 0.135. The van der Waals surface area contributed by atoms with Crippen LogP contribution >= 0.6 is 0 Å². The second-order valence-electron chi connectivity index (χ2n) is 5.57. The Bertz CT molecular complexity index is 713. The Balaban J connectivity index is 1.72. The Labute approximate surface area is 147 Å². The van der Waals surface area contributed by atoms with Crippen molar-refractivity contribution in [1.29, 1.82) is 0 Å². The van der Waals surface area contributed by atoms with Crippen LogP contribution in [0.1, 0.15) is 35.7 Å². The van der Waals surface area contributed by atoms with E-state index in [-0.39, 0.29) is 30.3 Å². The monoisotopic (exact) mass is 343 g/mol. The fourth-order valence-corrected chi connectivity index (χ4v) is 2.40. The molecule has 25 heavy (non-hydrogen) atoms. The van der Waals surface area contributed by atoms with Crippen LogP contribution in [0.15, 0.2) is 48.5 Å². The van der Waals surface area contributed by atoms with E-state index in [1.165, 1.54) is 6.07 Å². The van der Waals surface area contributed by atoms with Crippen molar-refractivity contribution in [2.24, 2.45) is 0 Å². The standard InChI is InChI=1S/C20H22FNO3/c1-2-25-17-9-7-16(8-10-17)19(23)11-12-20(24)22-14-13-15-5-3-4-6-18(15)21/h3-10H,2,11-14H2,1H3,(H,22,24). The van der Waals surface area contributed by atoms with Crippen LogP contribution in [-0.2, 0) is 11.2 Å². The summed E-state index contributed by atoms with van der Waals surface area (Å²) in [5.41, 5.74) is 1.12. The molecule has 0 atom stereocenters. The number of hydrogen-bond acceptors (Lipinski definition) is 3. The van der Waals surface area contributed by atoms with E-state index < -0.39 is 0 Å². The predicted molar refractivity (Wildman–Crippen MR) is 94.3 cm³/mol. The molecule has 0 aliphatic carbocycles. The number of carbonyl (C=O) groups is 2. The first-order valence-corrected chi connectivity index (χ1v) is 8.36. The van der Waals surface area contributed by atoms with Crippen LogP contribution in [0.3, 0.4) is 0 Å². The molecule has 0 radical (unpaired) electrons. The molecule has 0 fully saturated rings. The molecular formula is C20H22FNO3. The molecule has 0 heterocycles. The van der Waals surface area contributed by atoms with Gasteiger partial charge < -0.3 is 10.1 Å². The quantitative estimate of drug-likeness (QED) is 0.709. The fraction of sp³-hybridized carbons (Fsp3) is 0.300. The Hall–Kier alpha value is -2.69. The smallest absolute Gasteiger partial charge is 0.220 e. The molecule has 0 saturated heterocycles. The van der Waals surface area contributed by atoms with Gasteiger partial charge in [-0.15, -0.1) is 0 Å². The molecular weight excluding hydrogens is 321 g/mol. The summed E-state index contributed by atoms with van der Waals surface area (Å²) in [4.78, 5) is 23.9. The number of amides is 1. The highest BCUT2D eigenvalue weighted by molar-refractivity contribution is 5.98.